The van der Waals surface area contributed by atoms with Crippen LogP contribution in [0.5, 0.6) is 0 Å². The Labute approximate surface area is 144 Å². The van der Waals surface area contributed by atoms with Crippen LogP contribution in [0.3, 0.4) is 0 Å². The number of imidazole rings is 1. The molecule has 0 aliphatic rings. The average Bonchev–Trinajstić information content (AvgIpc) is 3.08. The Hall–Kier alpha value is -2.96. The van der Waals surface area contributed by atoms with E-state index in [1.165, 1.54) is 0 Å². The van der Waals surface area contributed by atoms with Crippen LogP contribution in [0.1, 0.15) is 42.9 Å². The maximum atomic E-state index is 12.2. The summed E-state index contributed by atoms with van der Waals surface area (Å²) >= 11 is 0. The first-order chi connectivity index (χ1) is 12.0. The first-order valence-corrected chi connectivity index (χ1v) is 8.19. The first kappa shape index (κ1) is 16.9. The Morgan fingerprint density at radius 3 is 2.80 bits per heavy atom. The zero-order valence-electron chi connectivity index (χ0n) is 14.4. The lowest BCUT2D eigenvalue weighted by Crippen LogP contribution is -2.22. The molecule has 0 saturated carbocycles. The molecular formula is C18H20N4O3. The zero-order valence-corrected chi connectivity index (χ0v) is 14.4. The average molecular weight is 340 g/mol. The second-order valence-electron chi connectivity index (χ2n) is 6.11. The van der Waals surface area contributed by atoms with Crippen molar-refractivity contribution in [2.24, 2.45) is 5.92 Å². The van der Waals surface area contributed by atoms with Gasteiger partial charge in [0.1, 0.15) is 0 Å². The van der Waals surface area contributed by atoms with E-state index in [0.29, 0.717) is 17.0 Å². The molecule has 1 N–H and O–H groups in total. The van der Waals surface area contributed by atoms with Crippen molar-refractivity contribution in [1.82, 2.24) is 19.5 Å². The summed E-state index contributed by atoms with van der Waals surface area (Å²) in [6.07, 6.45) is 5.44. The summed E-state index contributed by atoms with van der Waals surface area (Å²) in [7, 11) is 0. The molecule has 0 aliphatic carbocycles. The number of fused-ring (bicyclic) bond motifs is 1. The molecule has 0 spiro atoms. The predicted octanol–water partition coefficient (Wildman–Crippen LogP) is 2.54. The van der Waals surface area contributed by atoms with E-state index in [9.17, 15) is 9.59 Å². The summed E-state index contributed by atoms with van der Waals surface area (Å²) in [4.78, 5) is 35.0. The number of carbonyl (C=O) groups excluding carboxylic acids is 1. The van der Waals surface area contributed by atoms with Crippen molar-refractivity contribution in [3.05, 3.63) is 58.5 Å². The van der Waals surface area contributed by atoms with Gasteiger partial charge in [-0.2, -0.15) is 0 Å². The van der Waals surface area contributed by atoms with E-state index in [4.69, 9.17) is 4.74 Å². The van der Waals surface area contributed by atoms with E-state index in [1.807, 2.05) is 22.9 Å². The predicted molar refractivity (Wildman–Crippen MR) is 93.5 cm³/mol. The van der Waals surface area contributed by atoms with Crippen LogP contribution in [-0.4, -0.2) is 32.1 Å². The van der Waals surface area contributed by atoms with Crippen molar-refractivity contribution in [3.63, 3.8) is 0 Å². The number of hydrogen-bond donors (Lipinski definition) is 1. The van der Waals surface area contributed by atoms with Crippen molar-refractivity contribution in [1.29, 1.82) is 0 Å². The number of esters is 1. The lowest BCUT2D eigenvalue weighted by atomic mass is 9.95. The monoisotopic (exact) mass is 340 g/mol. The Balaban J connectivity index is 2.07. The van der Waals surface area contributed by atoms with E-state index in [-0.39, 0.29) is 18.3 Å². The van der Waals surface area contributed by atoms with E-state index in [0.717, 1.165) is 5.56 Å². The van der Waals surface area contributed by atoms with Crippen molar-refractivity contribution in [2.45, 2.75) is 26.8 Å². The van der Waals surface area contributed by atoms with Gasteiger partial charge in [-0.3, -0.25) is 4.79 Å². The van der Waals surface area contributed by atoms with Gasteiger partial charge in [-0.15, -0.1) is 0 Å². The fourth-order valence-electron chi connectivity index (χ4n) is 2.96. The number of H-pyrrole nitrogens is 1. The van der Waals surface area contributed by atoms with Crippen molar-refractivity contribution in [3.8, 4) is 0 Å². The number of nitrogens with zero attached hydrogens (tertiary/aromatic N) is 3. The third-order valence-electron chi connectivity index (χ3n) is 4.00. The summed E-state index contributed by atoms with van der Waals surface area (Å²) in [6.45, 7) is 6.12. The maximum absolute atomic E-state index is 12.2. The highest BCUT2D eigenvalue weighted by atomic mass is 16.5. The molecule has 0 saturated heterocycles. The molecule has 25 heavy (non-hydrogen) atoms. The third kappa shape index (κ3) is 3.31. The molecule has 0 amide bonds. The fourth-order valence-corrected chi connectivity index (χ4v) is 2.96. The van der Waals surface area contributed by atoms with Crippen molar-refractivity contribution >= 4 is 17.0 Å². The van der Waals surface area contributed by atoms with E-state index in [1.54, 1.807) is 25.5 Å². The van der Waals surface area contributed by atoms with Crippen LogP contribution in [-0.2, 0) is 4.74 Å². The van der Waals surface area contributed by atoms with Gasteiger partial charge < -0.3 is 14.3 Å². The van der Waals surface area contributed by atoms with Crippen LogP contribution < -0.4 is 5.56 Å². The molecule has 0 aliphatic heterocycles. The molecule has 130 valence electrons. The highest BCUT2D eigenvalue weighted by Gasteiger charge is 2.19. The molecule has 0 bridgehead atoms. The van der Waals surface area contributed by atoms with Crippen LogP contribution in [0.4, 0.5) is 0 Å². The number of benzene rings is 1. The van der Waals surface area contributed by atoms with E-state index < -0.39 is 11.5 Å². The van der Waals surface area contributed by atoms with Gasteiger partial charge in [0.2, 0.25) is 5.69 Å². The Morgan fingerprint density at radius 2 is 2.16 bits per heavy atom. The minimum absolute atomic E-state index is 0.0835. The molecule has 1 unspecified atom stereocenters. The highest BCUT2D eigenvalue weighted by molar-refractivity contribution is 5.89. The molecule has 7 nitrogen and oxygen atoms in total. The molecule has 0 fully saturated rings. The highest BCUT2D eigenvalue weighted by Crippen LogP contribution is 2.27. The Kier molecular flexibility index (Phi) is 4.65. The lowest BCUT2D eigenvalue weighted by Gasteiger charge is -2.23. The SMILES string of the molecule is CCOC(=O)c1nc2ccc(C(C(C)C)n3ccnc3)cc2[nH]c1=O. The standard InChI is InChI=1S/C18H20N4O3/c1-4-25-18(24)15-17(23)21-14-9-12(5-6-13(14)20-15)16(11(2)3)22-8-7-19-10-22/h5-11,16H,4H2,1-3H3,(H,21,23). The van der Waals surface area contributed by atoms with Crippen molar-refractivity contribution in [2.75, 3.05) is 6.61 Å². The lowest BCUT2D eigenvalue weighted by molar-refractivity contribution is 0.0517. The maximum Gasteiger partial charge on any atom is 0.362 e. The minimum Gasteiger partial charge on any atom is -0.461 e. The largest absolute Gasteiger partial charge is 0.461 e. The molecule has 2 aromatic heterocycles. The number of ether oxygens (including phenoxy) is 1. The molecule has 1 atom stereocenters. The van der Waals surface area contributed by atoms with E-state index >= 15 is 0 Å². The van der Waals surface area contributed by atoms with Gasteiger partial charge in [0.25, 0.3) is 5.56 Å². The number of hydrogen-bond acceptors (Lipinski definition) is 5. The third-order valence-corrected chi connectivity index (χ3v) is 4.00. The number of aromatic nitrogens is 4. The Bertz CT molecular complexity index is 945. The minimum atomic E-state index is -0.715. The van der Waals surface area contributed by atoms with Crippen LogP contribution in [0.2, 0.25) is 0 Å². The van der Waals surface area contributed by atoms with Gasteiger partial charge in [-0.25, -0.2) is 14.8 Å². The molecule has 7 heteroatoms. The number of nitrogens with one attached hydrogen (secondary N) is 1. The van der Waals surface area contributed by atoms with Gasteiger partial charge >= 0.3 is 5.97 Å². The summed E-state index contributed by atoms with van der Waals surface area (Å²) in [5.41, 5.74) is 1.38. The number of rotatable bonds is 5. The normalized spacial score (nSPS) is 12.5. The van der Waals surface area contributed by atoms with Gasteiger partial charge in [0.05, 0.1) is 30.0 Å². The van der Waals surface area contributed by atoms with Crippen LogP contribution >= 0.6 is 0 Å². The Morgan fingerprint density at radius 1 is 1.36 bits per heavy atom. The second-order valence-corrected chi connectivity index (χ2v) is 6.11. The van der Waals surface area contributed by atoms with E-state index in [2.05, 4.69) is 28.8 Å². The quantitative estimate of drug-likeness (QED) is 0.721. The van der Waals surface area contributed by atoms with Gasteiger partial charge in [-0.1, -0.05) is 19.9 Å². The second kappa shape index (κ2) is 6.88. The fraction of sp³-hybridized carbons (Fsp3) is 0.333. The summed E-state index contributed by atoms with van der Waals surface area (Å²) in [5, 5.41) is 0. The summed E-state index contributed by atoms with van der Waals surface area (Å²) in [5.74, 6) is -0.390. The number of aromatic amines is 1. The van der Waals surface area contributed by atoms with Crippen LogP contribution in [0.25, 0.3) is 11.0 Å². The van der Waals surface area contributed by atoms with Crippen molar-refractivity contribution < 1.29 is 9.53 Å². The smallest absolute Gasteiger partial charge is 0.362 e. The van der Waals surface area contributed by atoms with Crippen LogP contribution in [0.15, 0.2) is 41.7 Å². The summed E-state index contributed by atoms with van der Waals surface area (Å²) < 4.78 is 6.90. The molecule has 2 heterocycles. The van der Waals surface area contributed by atoms with Gasteiger partial charge in [-0.05, 0) is 30.5 Å². The molecular weight excluding hydrogens is 320 g/mol. The molecule has 3 rings (SSSR count). The first-order valence-electron chi connectivity index (χ1n) is 8.19. The molecule has 0 radical (unpaired) electrons. The summed E-state index contributed by atoms with van der Waals surface area (Å²) in [6, 6.07) is 5.73. The zero-order chi connectivity index (χ0) is 18.0. The topological polar surface area (TPSA) is 89.9 Å². The molecule has 1 aromatic carbocycles. The molecule has 3 aromatic rings. The van der Waals surface area contributed by atoms with Gasteiger partial charge in [0.15, 0.2) is 0 Å². The van der Waals surface area contributed by atoms with Crippen LogP contribution in [0, 0.1) is 5.92 Å². The van der Waals surface area contributed by atoms with Gasteiger partial charge in [0, 0.05) is 12.4 Å². The number of carbonyl (C=O) groups is 1.